The molecule has 0 N–H and O–H groups in total. The van der Waals surface area contributed by atoms with Gasteiger partial charge in [0, 0.05) is 16.3 Å². The summed E-state index contributed by atoms with van der Waals surface area (Å²) in [5.41, 5.74) is 5.83. The van der Waals surface area contributed by atoms with Gasteiger partial charge in [-0.25, -0.2) is 0 Å². The van der Waals surface area contributed by atoms with E-state index in [2.05, 4.69) is 62.1 Å². The van der Waals surface area contributed by atoms with Crippen LogP contribution in [-0.4, -0.2) is 6.54 Å². The Hall–Kier alpha value is -1.41. The lowest BCUT2D eigenvalue weighted by Gasteiger charge is -2.33. The number of hydrogen-bond acceptors (Lipinski definition) is 2. The predicted octanol–water partition coefficient (Wildman–Crippen LogP) is 9.33. The molecular weight excluding hydrogens is 382 g/mol. The van der Waals surface area contributed by atoms with E-state index in [9.17, 15) is 0 Å². The number of anilines is 2. The minimum absolute atomic E-state index is 1.13. The molecule has 0 fully saturated rings. The van der Waals surface area contributed by atoms with E-state index >= 15 is 0 Å². The molecule has 1 aliphatic heterocycles. The lowest BCUT2D eigenvalue weighted by Crippen LogP contribution is -2.22. The third kappa shape index (κ3) is 6.30. The molecule has 0 amide bonds. The van der Waals surface area contributed by atoms with Crippen molar-refractivity contribution < 1.29 is 0 Å². The molecule has 0 bridgehead atoms. The van der Waals surface area contributed by atoms with Crippen molar-refractivity contribution in [2.45, 2.75) is 108 Å². The second-order valence-electron chi connectivity index (χ2n) is 8.83. The first-order valence-corrected chi connectivity index (χ1v) is 13.3. The summed E-state index contributed by atoms with van der Waals surface area (Å²) >= 11 is 1.99. The smallest absolute Gasteiger partial charge is 0.0553 e. The van der Waals surface area contributed by atoms with Crippen LogP contribution in [0.5, 0.6) is 0 Å². The van der Waals surface area contributed by atoms with E-state index in [1.807, 2.05) is 11.8 Å². The summed E-state index contributed by atoms with van der Waals surface area (Å²) in [7, 11) is 0. The molecular formula is C28H41NS. The maximum atomic E-state index is 2.61. The van der Waals surface area contributed by atoms with Crippen LogP contribution in [-0.2, 0) is 12.8 Å². The Morgan fingerprint density at radius 1 is 0.600 bits per heavy atom. The molecule has 1 heterocycles. The Morgan fingerprint density at radius 3 is 1.63 bits per heavy atom. The molecule has 164 valence electrons. The second-order valence-corrected chi connectivity index (χ2v) is 9.92. The number of benzene rings is 2. The molecule has 30 heavy (non-hydrogen) atoms. The van der Waals surface area contributed by atoms with Crippen molar-refractivity contribution in [1.82, 2.24) is 0 Å². The molecule has 1 nitrogen and oxygen atoms in total. The maximum absolute atomic E-state index is 2.61. The maximum Gasteiger partial charge on any atom is 0.0553 e. The molecule has 0 saturated carbocycles. The van der Waals surface area contributed by atoms with Gasteiger partial charge in [-0.1, -0.05) is 89.6 Å². The molecule has 0 radical (unpaired) electrons. The Labute approximate surface area is 189 Å². The number of fused-ring (bicyclic) bond motifs is 2. The van der Waals surface area contributed by atoms with Crippen LogP contribution < -0.4 is 4.90 Å². The summed E-state index contributed by atoms with van der Waals surface area (Å²) in [6, 6.07) is 14.4. The molecule has 2 heteroatoms. The highest BCUT2D eigenvalue weighted by Crippen LogP contribution is 2.49. The Balaban J connectivity index is 1.79. The van der Waals surface area contributed by atoms with Crippen LogP contribution in [0.2, 0.25) is 0 Å². The first kappa shape index (κ1) is 23.3. The fourth-order valence-corrected chi connectivity index (χ4v) is 5.56. The van der Waals surface area contributed by atoms with E-state index < -0.39 is 0 Å². The molecule has 2 aromatic carbocycles. The zero-order chi connectivity index (χ0) is 21.2. The van der Waals surface area contributed by atoms with Crippen molar-refractivity contribution in [3.63, 3.8) is 0 Å². The third-order valence-corrected chi connectivity index (χ3v) is 7.32. The van der Waals surface area contributed by atoms with Gasteiger partial charge in [0.15, 0.2) is 0 Å². The highest BCUT2D eigenvalue weighted by molar-refractivity contribution is 7.99. The normalized spacial score (nSPS) is 12.7. The topological polar surface area (TPSA) is 3.24 Å². The lowest BCUT2D eigenvalue weighted by atomic mass is 10.1. The molecule has 0 aliphatic carbocycles. The summed E-state index contributed by atoms with van der Waals surface area (Å²) in [5.74, 6) is 0. The van der Waals surface area contributed by atoms with E-state index in [0.717, 1.165) is 6.54 Å². The van der Waals surface area contributed by atoms with Crippen LogP contribution in [0.3, 0.4) is 0 Å². The third-order valence-electron chi connectivity index (χ3n) is 6.22. The molecule has 0 spiro atoms. The number of hydrogen-bond donors (Lipinski definition) is 0. The number of aryl methyl sites for hydroxylation is 2. The first-order valence-electron chi connectivity index (χ1n) is 12.5. The van der Waals surface area contributed by atoms with Gasteiger partial charge in [-0.2, -0.15) is 0 Å². The van der Waals surface area contributed by atoms with Gasteiger partial charge in [-0.15, -0.1) is 0 Å². The van der Waals surface area contributed by atoms with E-state index in [1.54, 1.807) is 0 Å². The van der Waals surface area contributed by atoms with E-state index in [1.165, 1.54) is 109 Å². The molecule has 2 aromatic rings. The van der Waals surface area contributed by atoms with Gasteiger partial charge < -0.3 is 4.90 Å². The minimum Gasteiger partial charge on any atom is -0.340 e. The van der Waals surface area contributed by atoms with E-state index in [4.69, 9.17) is 0 Å². The number of unbranched alkanes of at least 4 members (excludes halogenated alkanes) is 7. The highest BCUT2D eigenvalue weighted by Gasteiger charge is 2.23. The van der Waals surface area contributed by atoms with Crippen LogP contribution in [0.4, 0.5) is 11.4 Å². The van der Waals surface area contributed by atoms with Crippen LogP contribution in [0.25, 0.3) is 0 Å². The number of nitrogens with zero attached hydrogens (tertiary/aromatic N) is 1. The van der Waals surface area contributed by atoms with E-state index in [-0.39, 0.29) is 0 Å². The van der Waals surface area contributed by atoms with Crippen molar-refractivity contribution in [3.05, 3.63) is 47.5 Å². The molecule has 0 aromatic heterocycles. The Morgan fingerprint density at radius 2 is 1.10 bits per heavy atom. The van der Waals surface area contributed by atoms with Crippen LogP contribution in [0.1, 0.15) is 96.1 Å². The SMILES string of the molecule is CCCCCCCCN1c2ccc(CCCC)cc2Sc2cc(CCCC)ccc21. The lowest BCUT2D eigenvalue weighted by molar-refractivity contribution is 0.608. The molecule has 0 atom stereocenters. The van der Waals surface area contributed by atoms with Gasteiger partial charge in [0.1, 0.15) is 0 Å². The first-order chi connectivity index (χ1) is 14.8. The Bertz CT molecular complexity index is 725. The van der Waals surface area contributed by atoms with Gasteiger partial charge in [0.2, 0.25) is 0 Å². The highest BCUT2D eigenvalue weighted by atomic mass is 32.2. The number of rotatable bonds is 13. The van der Waals surface area contributed by atoms with Crippen LogP contribution >= 0.6 is 11.8 Å². The summed E-state index contributed by atoms with van der Waals surface area (Å²) in [5, 5.41) is 0. The molecule has 3 rings (SSSR count). The van der Waals surface area contributed by atoms with Crippen LogP contribution in [0, 0.1) is 0 Å². The van der Waals surface area contributed by atoms with Gasteiger partial charge in [-0.05, 0) is 67.5 Å². The van der Waals surface area contributed by atoms with Crippen molar-refractivity contribution in [3.8, 4) is 0 Å². The van der Waals surface area contributed by atoms with Gasteiger partial charge in [0.05, 0.1) is 11.4 Å². The summed E-state index contributed by atoms with van der Waals surface area (Å²) in [6.07, 6.45) is 15.6. The molecule has 0 saturated heterocycles. The average Bonchev–Trinajstić information content (AvgIpc) is 2.77. The largest absolute Gasteiger partial charge is 0.340 e. The van der Waals surface area contributed by atoms with Crippen molar-refractivity contribution in [2.75, 3.05) is 11.4 Å². The molecule has 1 aliphatic rings. The summed E-state index contributed by atoms with van der Waals surface area (Å²) in [4.78, 5) is 5.51. The van der Waals surface area contributed by atoms with Crippen molar-refractivity contribution >= 4 is 23.1 Å². The standard InChI is InChI=1S/C28H41NS/c1-4-7-10-11-12-13-20-29-25-18-16-23(14-8-5-2)21-27(25)30-28-22-24(15-9-6-3)17-19-26(28)29/h16-19,21-22H,4-15,20H2,1-3H3. The fourth-order valence-electron chi connectivity index (χ4n) is 4.34. The summed E-state index contributed by atoms with van der Waals surface area (Å²) in [6.45, 7) is 7.99. The fraction of sp³-hybridized carbons (Fsp3) is 0.571. The Kier molecular flexibility index (Phi) is 9.65. The van der Waals surface area contributed by atoms with E-state index in [0.29, 0.717) is 0 Å². The van der Waals surface area contributed by atoms with Crippen molar-refractivity contribution in [2.24, 2.45) is 0 Å². The van der Waals surface area contributed by atoms with Gasteiger partial charge >= 0.3 is 0 Å². The minimum atomic E-state index is 1.13. The summed E-state index contributed by atoms with van der Waals surface area (Å²) < 4.78 is 0. The quantitative estimate of drug-likeness (QED) is 0.295. The van der Waals surface area contributed by atoms with Crippen LogP contribution in [0.15, 0.2) is 46.2 Å². The van der Waals surface area contributed by atoms with Crippen molar-refractivity contribution in [1.29, 1.82) is 0 Å². The average molecular weight is 424 g/mol. The zero-order valence-corrected chi connectivity index (χ0v) is 20.3. The monoisotopic (exact) mass is 423 g/mol. The van der Waals surface area contributed by atoms with Gasteiger partial charge in [0.25, 0.3) is 0 Å². The predicted molar refractivity (Wildman–Crippen MR) is 135 cm³/mol. The molecule has 0 unspecified atom stereocenters. The zero-order valence-electron chi connectivity index (χ0n) is 19.5. The second kappa shape index (κ2) is 12.4. The van der Waals surface area contributed by atoms with Gasteiger partial charge in [-0.3, -0.25) is 0 Å².